The second-order valence-electron chi connectivity index (χ2n) is 4.44. The third-order valence-electron chi connectivity index (χ3n) is 2.86. The molecular formula is C13H17N5S. The van der Waals surface area contributed by atoms with E-state index < -0.39 is 0 Å². The Morgan fingerprint density at radius 1 is 1.00 bits per heavy atom. The van der Waals surface area contributed by atoms with E-state index in [1.54, 1.807) is 6.07 Å². The molecule has 0 atom stereocenters. The van der Waals surface area contributed by atoms with Crippen LogP contribution in [0.25, 0.3) is 0 Å². The first-order chi connectivity index (χ1) is 8.95. The lowest BCUT2D eigenvalue weighted by Crippen LogP contribution is -2.01. The van der Waals surface area contributed by atoms with Crippen LogP contribution in [0, 0.1) is 27.7 Å². The second kappa shape index (κ2) is 5.52. The maximum atomic E-state index is 5.70. The molecule has 0 spiro atoms. The lowest BCUT2D eigenvalue weighted by Gasteiger charge is -2.06. The first-order valence-electron chi connectivity index (χ1n) is 6.00. The number of aryl methyl sites for hydroxylation is 3. The van der Waals surface area contributed by atoms with Gasteiger partial charge < -0.3 is 5.73 Å². The SMILES string of the molecule is Cc1cc(N)nc(CSc2nc(C)c(C)c(C)n2)n1. The Balaban J connectivity index is 2.14. The third kappa shape index (κ3) is 3.41. The van der Waals surface area contributed by atoms with E-state index in [0.717, 1.165) is 27.8 Å². The lowest BCUT2D eigenvalue weighted by atomic mass is 10.2. The molecule has 0 aliphatic rings. The molecule has 19 heavy (non-hydrogen) atoms. The second-order valence-corrected chi connectivity index (χ2v) is 5.38. The van der Waals surface area contributed by atoms with Crippen LogP contribution >= 0.6 is 11.8 Å². The molecule has 100 valence electrons. The quantitative estimate of drug-likeness (QED) is 0.684. The summed E-state index contributed by atoms with van der Waals surface area (Å²) in [5, 5.41) is 0.754. The molecule has 0 fully saturated rings. The highest BCUT2D eigenvalue weighted by Crippen LogP contribution is 2.20. The van der Waals surface area contributed by atoms with E-state index in [0.29, 0.717) is 17.4 Å². The van der Waals surface area contributed by atoms with Gasteiger partial charge in [-0.3, -0.25) is 0 Å². The zero-order valence-corrected chi connectivity index (χ0v) is 12.4. The summed E-state index contributed by atoms with van der Waals surface area (Å²) in [4.78, 5) is 17.5. The number of nitrogens with zero attached hydrogens (tertiary/aromatic N) is 4. The maximum Gasteiger partial charge on any atom is 0.188 e. The molecule has 0 radical (unpaired) electrons. The topological polar surface area (TPSA) is 77.6 Å². The molecule has 0 saturated carbocycles. The highest BCUT2D eigenvalue weighted by Gasteiger charge is 2.07. The van der Waals surface area contributed by atoms with Crippen molar-refractivity contribution in [3.8, 4) is 0 Å². The standard InChI is InChI=1S/C13H17N5S/c1-7-5-11(14)18-12(15-7)6-19-13-16-9(3)8(2)10(4)17-13/h5H,6H2,1-4H3,(H2,14,15,18). The van der Waals surface area contributed by atoms with Crippen LogP contribution in [0.2, 0.25) is 0 Å². The normalized spacial score (nSPS) is 10.7. The van der Waals surface area contributed by atoms with Crippen LogP contribution in [0.3, 0.4) is 0 Å². The summed E-state index contributed by atoms with van der Waals surface area (Å²) in [7, 11) is 0. The molecule has 0 aliphatic carbocycles. The van der Waals surface area contributed by atoms with Crippen molar-refractivity contribution in [3.05, 3.63) is 34.5 Å². The van der Waals surface area contributed by atoms with Gasteiger partial charge >= 0.3 is 0 Å². The van der Waals surface area contributed by atoms with Gasteiger partial charge in [0.15, 0.2) is 5.16 Å². The van der Waals surface area contributed by atoms with Gasteiger partial charge in [-0.1, -0.05) is 11.8 Å². The minimum absolute atomic E-state index is 0.500. The zero-order valence-electron chi connectivity index (χ0n) is 11.6. The number of aromatic nitrogens is 4. The van der Waals surface area contributed by atoms with Gasteiger partial charge in [-0.25, -0.2) is 19.9 Å². The van der Waals surface area contributed by atoms with Crippen molar-refractivity contribution < 1.29 is 0 Å². The third-order valence-corrected chi connectivity index (χ3v) is 3.71. The Morgan fingerprint density at radius 3 is 2.21 bits per heavy atom. The van der Waals surface area contributed by atoms with E-state index in [4.69, 9.17) is 5.73 Å². The number of hydrogen-bond donors (Lipinski definition) is 1. The molecule has 0 unspecified atom stereocenters. The van der Waals surface area contributed by atoms with Gasteiger partial charge in [-0.15, -0.1) is 0 Å². The van der Waals surface area contributed by atoms with Gasteiger partial charge in [0.05, 0.1) is 5.75 Å². The first-order valence-corrected chi connectivity index (χ1v) is 6.99. The van der Waals surface area contributed by atoms with Crippen LogP contribution in [-0.2, 0) is 5.75 Å². The number of nitrogen functional groups attached to an aromatic ring is 1. The number of rotatable bonds is 3. The molecule has 2 rings (SSSR count). The van der Waals surface area contributed by atoms with Gasteiger partial charge in [0.25, 0.3) is 0 Å². The summed E-state index contributed by atoms with van der Waals surface area (Å²) in [5.41, 5.74) is 9.75. The van der Waals surface area contributed by atoms with E-state index in [9.17, 15) is 0 Å². The highest BCUT2D eigenvalue weighted by molar-refractivity contribution is 7.98. The molecule has 0 amide bonds. The molecule has 2 heterocycles. The summed E-state index contributed by atoms with van der Waals surface area (Å²) in [5.74, 6) is 1.83. The average molecular weight is 275 g/mol. The Bertz CT molecular complexity index is 569. The fourth-order valence-electron chi connectivity index (χ4n) is 1.66. The Labute approximate surface area is 117 Å². The van der Waals surface area contributed by atoms with Crippen molar-refractivity contribution in [3.63, 3.8) is 0 Å². The fraction of sp³-hybridized carbons (Fsp3) is 0.385. The largest absolute Gasteiger partial charge is 0.384 e. The smallest absolute Gasteiger partial charge is 0.188 e. The van der Waals surface area contributed by atoms with Crippen molar-refractivity contribution in [1.82, 2.24) is 19.9 Å². The molecule has 2 N–H and O–H groups in total. The van der Waals surface area contributed by atoms with E-state index in [-0.39, 0.29) is 0 Å². The molecule has 0 aliphatic heterocycles. The molecule has 2 aromatic rings. The Hall–Kier alpha value is -1.69. The number of anilines is 1. The van der Waals surface area contributed by atoms with Crippen molar-refractivity contribution in [1.29, 1.82) is 0 Å². The number of hydrogen-bond acceptors (Lipinski definition) is 6. The molecule has 6 heteroatoms. The van der Waals surface area contributed by atoms with Gasteiger partial charge in [0.2, 0.25) is 0 Å². The van der Waals surface area contributed by atoms with E-state index in [1.165, 1.54) is 11.8 Å². The minimum atomic E-state index is 0.500. The molecular weight excluding hydrogens is 258 g/mol. The van der Waals surface area contributed by atoms with Crippen LogP contribution in [0.5, 0.6) is 0 Å². The summed E-state index contributed by atoms with van der Waals surface area (Å²) >= 11 is 1.53. The maximum absolute atomic E-state index is 5.70. The van der Waals surface area contributed by atoms with E-state index in [1.807, 2.05) is 27.7 Å². The number of thioether (sulfide) groups is 1. The van der Waals surface area contributed by atoms with Crippen molar-refractivity contribution in [2.45, 2.75) is 38.6 Å². The fourth-order valence-corrected chi connectivity index (χ4v) is 2.45. The zero-order chi connectivity index (χ0) is 14.0. The van der Waals surface area contributed by atoms with Crippen LogP contribution in [0.1, 0.15) is 28.5 Å². The molecule has 5 nitrogen and oxygen atoms in total. The van der Waals surface area contributed by atoms with Crippen LogP contribution in [-0.4, -0.2) is 19.9 Å². The Kier molecular flexibility index (Phi) is 3.99. The molecule has 0 bridgehead atoms. The summed E-state index contributed by atoms with van der Waals surface area (Å²) in [6, 6.07) is 1.75. The minimum Gasteiger partial charge on any atom is -0.384 e. The predicted molar refractivity (Wildman–Crippen MR) is 77.0 cm³/mol. The van der Waals surface area contributed by atoms with Crippen LogP contribution in [0.15, 0.2) is 11.2 Å². The Morgan fingerprint density at radius 2 is 1.63 bits per heavy atom. The molecule has 0 saturated heterocycles. The number of nitrogens with two attached hydrogens (primary N) is 1. The summed E-state index contributed by atoms with van der Waals surface area (Å²) < 4.78 is 0. The molecule has 0 aromatic carbocycles. The van der Waals surface area contributed by atoms with Crippen molar-refractivity contribution in [2.75, 3.05) is 5.73 Å². The molecule has 2 aromatic heterocycles. The van der Waals surface area contributed by atoms with Crippen LogP contribution in [0.4, 0.5) is 5.82 Å². The van der Waals surface area contributed by atoms with E-state index in [2.05, 4.69) is 19.9 Å². The predicted octanol–water partition coefficient (Wildman–Crippen LogP) is 2.37. The monoisotopic (exact) mass is 275 g/mol. The van der Waals surface area contributed by atoms with Crippen molar-refractivity contribution in [2.24, 2.45) is 0 Å². The summed E-state index contributed by atoms with van der Waals surface area (Å²) in [6.45, 7) is 7.93. The van der Waals surface area contributed by atoms with E-state index >= 15 is 0 Å². The highest BCUT2D eigenvalue weighted by atomic mass is 32.2. The van der Waals surface area contributed by atoms with Crippen LogP contribution < -0.4 is 5.73 Å². The van der Waals surface area contributed by atoms with Gasteiger partial charge in [0.1, 0.15) is 11.6 Å². The average Bonchev–Trinajstić information content (AvgIpc) is 2.32. The summed E-state index contributed by atoms with van der Waals surface area (Å²) in [6.07, 6.45) is 0. The van der Waals surface area contributed by atoms with Crippen molar-refractivity contribution >= 4 is 17.6 Å². The lowest BCUT2D eigenvalue weighted by molar-refractivity contribution is 0.878. The van der Waals surface area contributed by atoms with Gasteiger partial charge in [-0.2, -0.15) is 0 Å². The van der Waals surface area contributed by atoms with Gasteiger partial charge in [0, 0.05) is 23.1 Å². The van der Waals surface area contributed by atoms with Gasteiger partial charge in [-0.05, 0) is 33.3 Å². The first kappa shape index (κ1) is 13.7.